The van der Waals surface area contributed by atoms with E-state index < -0.39 is 5.97 Å². The molecule has 0 aliphatic rings. The zero-order chi connectivity index (χ0) is 16.7. The van der Waals surface area contributed by atoms with Crippen molar-refractivity contribution >= 4 is 11.9 Å². The lowest BCUT2D eigenvalue weighted by atomic mass is 10.0. The molecule has 0 fully saturated rings. The van der Waals surface area contributed by atoms with Crippen LogP contribution in [0.1, 0.15) is 40.0 Å². The van der Waals surface area contributed by atoms with Gasteiger partial charge >= 0.3 is 11.9 Å². The van der Waals surface area contributed by atoms with Crippen LogP contribution >= 0.6 is 0 Å². The van der Waals surface area contributed by atoms with Gasteiger partial charge in [0.05, 0.1) is 13.7 Å². The van der Waals surface area contributed by atoms with Crippen LogP contribution in [-0.2, 0) is 19.1 Å². The molecule has 0 N–H and O–H groups in total. The molecule has 4 heteroatoms. The molecule has 0 radical (unpaired) electrons. The summed E-state index contributed by atoms with van der Waals surface area (Å²) >= 11 is 0. The van der Waals surface area contributed by atoms with E-state index in [1.807, 2.05) is 0 Å². The van der Waals surface area contributed by atoms with Crippen molar-refractivity contribution in [2.45, 2.75) is 40.0 Å². The van der Waals surface area contributed by atoms with Gasteiger partial charge in [0.1, 0.15) is 0 Å². The quantitative estimate of drug-likeness (QED) is 0.388. The molecule has 0 heterocycles. The van der Waals surface area contributed by atoms with Gasteiger partial charge in [-0.15, -0.1) is 0 Å². The topological polar surface area (TPSA) is 52.6 Å². The summed E-state index contributed by atoms with van der Waals surface area (Å²) in [5.74, 6) is -0.125. The fourth-order valence-electron chi connectivity index (χ4n) is 1.30. The number of carbonyl (C=O) groups excluding carboxylic acids is 2. The Morgan fingerprint density at radius 1 is 1.10 bits per heavy atom. The van der Waals surface area contributed by atoms with Crippen LogP contribution in [0.2, 0.25) is 0 Å². The molecule has 0 amide bonds. The highest BCUT2D eigenvalue weighted by Crippen LogP contribution is 2.11. The smallest absolute Gasteiger partial charge is 0.330 e. The number of hydrogen-bond acceptors (Lipinski definition) is 4. The van der Waals surface area contributed by atoms with Gasteiger partial charge in [0, 0.05) is 12.2 Å². The van der Waals surface area contributed by atoms with E-state index in [9.17, 15) is 9.59 Å². The zero-order valence-electron chi connectivity index (χ0n) is 13.7. The SMILES string of the molecule is C=CC(=O)OC.C=CC(=O)OCCC(C)CCC=C(C)C. The van der Waals surface area contributed by atoms with E-state index in [1.165, 1.54) is 18.8 Å². The van der Waals surface area contributed by atoms with E-state index in [2.05, 4.69) is 44.7 Å². The third-order valence-electron chi connectivity index (χ3n) is 2.60. The molecule has 0 bridgehead atoms. The molecule has 0 aromatic carbocycles. The molecule has 1 unspecified atom stereocenters. The number of ether oxygens (including phenoxy) is 2. The molecule has 4 nitrogen and oxygen atoms in total. The second-order valence-corrected chi connectivity index (χ2v) is 4.85. The maximum Gasteiger partial charge on any atom is 0.330 e. The van der Waals surface area contributed by atoms with Crippen molar-refractivity contribution in [1.29, 1.82) is 0 Å². The third kappa shape index (κ3) is 18.2. The van der Waals surface area contributed by atoms with Crippen molar-refractivity contribution < 1.29 is 19.1 Å². The maximum absolute atomic E-state index is 10.7. The van der Waals surface area contributed by atoms with Gasteiger partial charge in [-0.1, -0.05) is 31.7 Å². The molecule has 0 aliphatic carbocycles. The minimum atomic E-state index is -0.394. The Bertz CT molecular complexity index is 352. The predicted molar refractivity (Wildman–Crippen MR) is 85.8 cm³/mol. The van der Waals surface area contributed by atoms with E-state index in [1.54, 1.807) is 0 Å². The lowest BCUT2D eigenvalue weighted by Crippen LogP contribution is -2.06. The van der Waals surface area contributed by atoms with E-state index in [-0.39, 0.29) is 5.97 Å². The molecule has 0 aromatic rings. The first kappa shape index (κ1) is 21.5. The molecule has 0 saturated heterocycles. The normalized spacial score (nSPS) is 10.3. The van der Waals surface area contributed by atoms with Crippen molar-refractivity contribution in [2.75, 3.05) is 13.7 Å². The van der Waals surface area contributed by atoms with Crippen molar-refractivity contribution in [3.05, 3.63) is 37.0 Å². The van der Waals surface area contributed by atoms with Crippen molar-refractivity contribution in [3.63, 3.8) is 0 Å². The highest BCUT2D eigenvalue weighted by molar-refractivity contribution is 5.81. The average Bonchev–Trinajstić information content (AvgIpc) is 2.46. The van der Waals surface area contributed by atoms with Crippen LogP contribution < -0.4 is 0 Å². The summed E-state index contributed by atoms with van der Waals surface area (Å²) in [5, 5.41) is 0. The Morgan fingerprint density at radius 3 is 2.05 bits per heavy atom. The minimum Gasteiger partial charge on any atom is -0.466 e. The lowest BCUT2D eigenvalue weighted by molar-refractivity contribution is -0.138. The van der Waals surface area contributed by atoms with Gasteiger partial charge in [-0.2, -0.15) is 0 Å². The number of hydrogen-bond donors (Lipinski definition) is 0. The summed E-state index contributed by atoms with van der Waals surface area (Å²) in [4.78, 5) is 20.6. The summed E-state index contributed by atoms with van der Waals surface area (Å²) < 4.78 is 9.06. The molecule has 0 saturated carbocycles. The molecule has 0 spiro atoms. The van der Waals surface area contributed by atoms with Crippen LogP contribution in [0.15, 0.2) is 37.0 Å². The van der Waals surface area contributed by atoms with E-state index in [0.29, 0.717) is 12.5 Å². The van der Waals surface area contributed by atoms with E-state index >= 15 is 0 Å². The van der Waals surface area contributed by atoms with Gasteiger partial charge in [0.15, 0.2) is 0 Å². The van der Waals surface area contributed by atoms with Crippen LogP contribution in [0.25, 0.3) is 0 Å². The van der Waals surface area contributed by atoms with Crippen molar-refractivity contribution in [2.24, 2.45) is 5.92 Å². The van der Waals surface area contributed by atoms with E-state index in [4.69, 9.17) is 4.74 Å². The molecule has 0 aliphatic heterocycles. The first-order valence-electron chi connectivity index (χ1n) is 7.00. The Labute approximate surface area is 128 Å². The highest BCUT2D eigenvalue weighted by Gasteiger charge is 2.02. The summed E-state index contributed by atoms with van der Waals surface area (Å²) in [6.45, 7) is 13.4. The van der Waals surface area contributed by atoms with Gasteiger partial charge in [0.25, 0.3) is 0 Å². The molecular formula is C17H28O4. The maximum atomic E-state index is 10.7. The highest BCUT2D eigenvalue weighted by atomic mass is 16.5. The van der Waals surface area contributed by atoms with Crippen molar-refractivity contribution in [3.8, 4) is 0 Å². The summed E-state index contributed by atoms with van der Waals surface area (Å²) in [6.07, 6.45) is 7.74. The van der Waals surface area contributed by atoms with Crippen LogP contribution in [0.4, 0.5) is 0 Å². The second-order valence-electron chi connectivity index (χ2n) is 4.85. The Kier molecular flexibility index (Phi) is 14.9. The fraction of sp³-hybridized carbons (Fsp3) is 0.529. The Hall–Kier alpha value is -1.84. The second kappa shape index (κ2) is 14.6. The van der Waals surface area contributed by atoms with Gasteiger partial charge in [0.2, 0.25) is 0 Å². The molecule has 1 atom stereocenters. The van der Waals surface area contributed by atoms with Gasteiger partial charge in [-0.3, -0.25) is 0 Å². The summed E-state index contributed by atoms with van der Waals surface area (Å²) in [6, 6.07) is 0. The largest absolute Gasteiger partial charge is 0.466 e. The number of carbonyl (C=O) groups is 2. The average molecular weight is 296 g/mol. The predicted octanol–water partition coefficient (Wildman–Crippen LogP) is 3.83. The lowest BCUT2D eigenvalue weighted by Gasteiger charge is -2.09. The molecule has 0 rings (SSSR count). The number of esters is 2. The first-order chi connectivity index (χ1) is 9.87. The Morgan fingerprint density at radius 2 is 1.67 bits per heavy atom. The number of allylic oxidation sites excluding steroid dienone is 2. The van der Waals surface area contributed by atoms with E-state index in [0.717, 1.165) is 25.3 Å². The molecule has 120 valence electrons. The monoisotopic (exact) mass is 296 g/mol. The van der Waals surface area contributed by atoms with Crippen LogP contribution in [-0.4, -0.2) is 25.7 Å². The summed E-state index contributed by atoms with van der Waals surface area (Å²) in [5.41, 5.74) is 1.36. The summed E-state index contributed by atoms with van der Waals surface area (Å²) in [7, 11) is 1.31. The molecule has 0 aromatic heterocycles. The standard InChI is InChI=1S/C13H22O2.C4H6O2/c1-5-13(14)15-10-9-12(4)8-6-7-11(2)3;1-3-4(5)6-2/h5,7,12H,1,6,8-10H2,2-4H3;3H,1H2,2H3. The third-order valence-corrected chi connectivity index (χ3v) is 2.60. The van der Waals surface area contributed by atoms with Gasteiger partial charge in [-0.05, 0) is 39.0 Å². The van der Waals surface area contributed by atoms with Crippen LogP contribution in [0, 0.1) is 5.92 Å². The first-order valence-corrected chi connectivity index (χ1v) is 7.00. The van der Waals surface area contributed by atoms with Crippen LogP contribution in [0.3, 0.4) is 0 Å². The fourth-order valence-corrected chi connectivity index (χ4v) is 1.30. The molecular weight excluding hydrogens is 268 g/mol. The minimum absolute atomic E-state index is 0.327. The Balaban J connectivity index is 0. The van der Waals surface area contributed by atoms with Gasteiger partial charge < -0.3 is 9.47 Å². The number of methoxy groups -OCH3 is 1. The zero-order valence-corrected chi connectivity index (χ0v) is 13.7. The van der Waals surface area contributed by atoms with Crippen LogP contribution in [0.5, 0.6) is 0 Å². The molecule has 21 heavy (non-hydrogen) atoms. The van der Waals surface area contributed by atoms with Crippen molar-refractivity contribution in [1.82, 2.24) is 0 Å². The van der Waals surface area contributed by atoms with Gasteiger partial charge in [-0.25, -0.2) is 9.59 Å². The number of rotatable bonds is 8.